The van der Waals surface area contributed by atoms with Crippen molar-refractivity contribution in [3.05, 3.63) is 91.8 Å². The first-order valence-corrected chi connectivity index (χ1v) is 9.80. The number of furan rings is 1. The van der Waals surface area contributed by atoms with Crippen LogP contribution in [0, 0.1) is 17.0 Å². The highest BCUT2D eigenvalue weighted by molar-refractivity contribution is 9.10. The standard InChI is InChI=1S/C21H17BrN4O5/c1-12-6-7-15(11-17(12)26(29)30)20(27)25-24-13(2)14-4-3-5-16(10-14)23-21(28)18-8-9-19(22)31-18/h3-11H,1-2H3,(H,23,28)(H,25,27)/b24-13-. The molecule has 9 nitrogen and oxygen atoms in total. The fourth-order valence-electron chi connectivity index (χ4n) is 2.66. The van der Waals surface area contributed by atoms with Crippen molar-refractivity contribution in [1.29, 1.82) is 0 Å². The highest BCUT2D eigenvalue weighted by atomic mass is 79.9. The number of nitro benzene ring substituents is 1. The normalized spacial score (nSPS) is 11.1. The Balaban J connectivity index is 1.71. The summed E-state index contributed by atoms with van der Waals surface area (Å²) in [6, 6.07) is 14.3. The summed E-state index contributed by atoms with van der Waals surface area (Å²) in [4.78, 5) is 35.1. The van der Waals surface area contributed by atoms with Crippen LogP contribution in [0.25, 0.3) is 0 Å². The first-order valence-electron chi connectivity index (χ1n) is 9.01. The summed E-state index contributed by atoms with van der Waals surface area (Å²) in [6.07, 6.45) is 0. The summed E-state index contributed by atoms with van der Waals surface area (Å²) in [5.41, 5.74) is 4.49. The molecule has 3 aromatic rings. The number of anilines is 1. The monoisotopic (exact) mass is 484 g/mol. The van der Waals surface area contributed by atoms with Gasteiger partial charge in [-0.3, -0.25) is 19.7 Å². The number of hydrogen-bond acceptors (Lipinski definition) is 6. The number of rotatable bonds is 6. The summed E-state index contributed by atoms with van der Waals surface area (Å²) in [5, 5.41) is 17.8. The Bertz CT molecular complexity index is 1200. The van der Waals surface area contributed by atoms with E-state index in [1.807, 2.05) is 0 Å². The maximum Gasteiger partial charge on any atom is 0.291 e. The van der Waals surface area contributed by atoms with Crippen molar-refractivity contribution in [2.75, 3.05) is 5.32 Å². The number of aryl methyl sites for hydroxylation is 1. The van der Waals surface area contributed by atoms with Crippen LogP contribution in [0.3, 0.4) is 0 Å². The predicted molar refractivity (Wildman–Crippen MR) is 118 cm³/mol. The lowest BCUT2D eigenvalue weighted by Gasteiger charge is -2.07. The van der Waals surface area contributed by atoms with Gasteiger partial charge in [0.15, 0.2) is 10.4 Å². The first-order chi connectivity index (χ1) is 14.7. The van der Waals surface area contributed by atoms with Gasteiger partial charge in [-0.15, -0.1) is 0 Å². The van der Waals surface area contributed by atoms with E-state index >= 15 is 0 Å². The molecule has 2 N–H and O–H groups in total. The Morgan fingerprint density at radius 3 is 2.52 bits per heavy atom. The molecule has 0 radical (unpaired) electrons. The van der Waals surface area contributed by atoms with Crippen LogP contribution in [0.15, 0.2) is 68.8 Å². The zero-order chi connectivity index (χ0) is 22.5. The zero-order valence-corrected chi connectivity index (χ0v) is 18.1. The van der Waals surface area contributed by atoms with E-state index in [1.165, 1.54) is 18.2 Å². The largest absolute Gasteiger partial charge is 0.444 e. The smallest absolute Gasteiger partial charge is 0.291 e. The highest BCUT2D eigenvalue weighted by Gasteiger charge is 2.15. The van der Waals surface area contributed by atoms with E-state index in [4.69, 9.17) is 4.42 Å². The van der Waals surface area contributed by atoms with E-state index in [2.05, 4.69) is 31.8 Å². The van der Waals surface area contributed by atoms with Crippen LogP contribution in [0.4, 0.5) is 11.4 Å². The molecule has 0 atom stereocenters. The topological polar surface area (TPSA) is 127 Å². The minimum atomic E-state index is -0.574. The fourth-order valence-corrected chi connectivity index (χ4v) is 2.97. The summed E-state index contributed by atoms with van der Waals surface area (Å²) < 4.78 is 5.67. The maximum atomic E-state index is 12.3. The van der Waals surface area contributed by atoms with Crippen molar-refractivity contribution < 1.29 is 18.9 Å². The number of carbonyl (C=O) groups excluding carboxylic acids is 2. The SMILES string of the molecule is C/C(=N/NC(=O)c1ccc(C)c([N+](=O)[O-])c1)c1cccc(NC(=O)c2ccc(Br)o2)c1. The molecule has 10 heteroatoms. The second kappa shape index (κ2) is 9.35. The Morgan fingerprint density at radius 2 is 1.84 bits per heavy atom. The quantitative estimate of drug-likeness (QED) is 0.298. The zero-order valence-electron chi connectivity index (χ0n) is 16.5. The Hall–Kier alpha value is -3.79. The number of hydrazone groups is 1. The first kappa shape index (κ1) is 21.9. The van der Waals surface area contributed by atoms with Crippen LogP contribution < -0.4 is 10.7 Å². The van der Waals surface area contributed by atoms with E-state index in [9.17, 15) is 19.7 Å². The number of carbonyl (C=O) groups is 2. The average molecular weight is 485 g/mol. The number of nitrogens with one attached hydrogen (secondary N) is 2. The number of nitro groups is 1. The highest BCUT2D eigenvalue weighted by Crippen LogP contribution is 2.20. The average Bonchev–Trinajstić information content (AvgIpc) is 3.18. The molecule has 0 unspecified atom stereocenters. The van der Waals surface area contributed by atoms with Gasteiger partial charge in [0.05, 0.1) is 10.6 Å². The van der Waals surface area contributed by atoms with Crippen molar-refractivity contribution in [3.63, 3.8) is 0 Å². The molecule has 1 aromatic heterocycles. The van der Waals surface area contributed by atoms with Gasteiger partial charge in [0, 0.05) is 22.9 Å². The molecular formula is C21H17BrN4O5. The van der Waals surface area contributed by atoms with Crippen LogP contribution in [-0.2, 0) is 0 Å². The Labute approximate surface area is 185 Å². The summed E-state index contributed by atoms with van der Waals surface area (Å²) >= 11 is 3.15. The maximum absolute atomic E-state index is 12.3. The third-order valence-electron chi connectivity index (χ3n) is 4.33. The number of nitrogens with zero attached hydrogens (tertiary/aromatic N) is 2. The van der Waals surface area contributed by atoms with Gasteiger partial charge in [-0.1, -0.05) is 18.2 Å². The van der Waals surface area contributed by atoms with Gasteiger partial charge in [0.2, 0.25) is 0 Å². The second-order valence-corrected chi connectivity index (χ2v) is 7.32. The van der Waals surface area contributed by atoms with Gasteiger partial charge in [0.25, 0.3) is 17.5 Å². The third kappa shape index (κ3) is 5.43. The van der Waals surface area contributed by atoms with Gasteiger partial charge < -0.3 is 9.73 Å². The number of halogens is 1. The van der Waals surface area contributed by atoms with Crippen LogP contribution in [-0.4, -0.2) is 22.4 Å². The lowest BCUT2D eigenvalue weighted by Crippen LogP contribution is -2.19. The molecule has 0 aliphatic heterocycles. The van der Waals surface area contributed by atoms with Crippen molar-refractivity contribution in [2.24, 2.45) is 5.10 Å². The van der Waals surface area contributed by atoms with Crippen molar-refractivity contribution in [2.45, 2.75) is 13.8 Å². The number of benzene rings is 2. The second-order valence-electron chi connectivity index (χ2n) is 6.54. The van der Waals surface area contributed by atoms with Gasteiger partial charge >= 0.3 is 0 Å². The molecule has 31 heavy (non-hydrogen) atoms. The predicted octanol–water partition coefficient (Wildman–Crippen LogP) is 4.67. The summed E-state index contributed by atoms with van der Waals surface area (Å²) in [5.74, 6) is -0.830. The molecule has 0 bridgehead atoms. The molecule has 2 aromatic carbocycles. The van der Waals surface area contributed by atoms with E-state index in [-0.39, 0.29) is 17.0 Å². The van der Waals surface area contributed by atoms with Crippen molar-refractivity contribution in [3.8, 4) is 0 Å². The van der Waals surface area contributed by atoms with E-state index < -0.39 is 16.7 Å². The fraction of sp³-hybridized carbons (Fsp3) is 0.0952. The summed E-state index contributed by atoms with van der Waals surface area (Å²) in [6.45, 7) is 3.28. The van der Waals surface area contributed by atoms with Crippen LogP contribution in [0.5, 0.6) is 0 Å². The third-order valence-corrected chi connectivity index (χ3v) is 4.75. The number of hydrogen-bond donors (Lipinski definition) is 2. The van der Waals surface area contributed by atoms with Gasteiger partial charge in [-0.25, -0.2) is 5.43 Å². The molecule has 0 saturated carbocycles. The minimum Gasteiger partial charge on any atom is -0.444 e. The van der Waals surface area contributed by atoms with Crippen LogP contribution in [0.1, 0.15) is 39.0 Å². The molecule has 1 heterocycles. The van der Waals surface area contributed by atoms with Crippen LogP contribution in [0.2, 0.25) is 0 Å². The Kier molecular flexibility index (Phi) is 6.61. The Morgan fingerprint density at radius 1 is 1.06 bits per heavy atom. The molecule has 0 aliphatic carbocycles. The minimum absolute atomic E-state index is 0.125. The molecule has 0 spiro atoms. The molecule has 0 aliphatic rings. The van der Waals surface area contributed by atoms with Crippen molar-refractivity contribution in [1.82, 2.24) is 5.43 Å². The molecular weight excluding hydrogens is 468 g/mol. The van der Waals surface area contributed by atoms with E-state index in [0.717, 1.165) is 0 Å². The van der Waals surface area contributed by atoms with E-state index in [0.29, 0.717) is 27.2 Å². The molecule has 2 amide bonds. The molecule has 158 valence electrons. The van der Waals surface area contributed by atoms with Crippen LogP contribution >= 0.6 is 15.9 Å². The van der Waals surface area contributed by atoms with Gasteiger partial charge in [0.1, 0.15) is 0 Å². The lowest BCUT2D eigenvalue weighted by molar-refractivity contribution is -0.385. The number of amides is 2. The molecule has 0 saturated heterocycles. The van der Waals surface area contributed by atoms with Crippen molar-refractivity contribution >= 4 is 44.8 Å². The van der Waals surface area contributed by atoms with Gasteiger partial charge in [-0.2, -0.15) is 5.10 Å². The van der Waals surface area contributed by atoms with E-state index in [1.54, 1.807) is 50.2 Å². The molecule has 3 rings (SSSR count). The molecule has 0 fully saturated rings. The van der Waals surface area contributed by atoms with Gasteiger partial charge in [-0.05, 0) is 65.7 Å². The summed E-state index contributed by atoms with van der Waals surface area (Å²) in [7, 11) is 0. The lowest BCUT2D eigenvalue weighted by atomic mass is 10.1.